The second kappa shape index (κ2) is 4.90. The summed E-state index contributed by atoms with van der Waals surface area (Å²) in [5, 5.41) is 7.47. The molecular weight excluding hydrogens is 322 g/mol. The average Bonchev–Trinajstić information content (AvgIpc) is 2.96. The maximum absolute atomic E-state index is 4.71. The fraction of sp³-hybridized carbons (Fsp3) is 0.143. The molecule has 1 aromatic carbocycles. The number of benzene rings is 1. The Morgan fingerprint density at radius 2 is 2.16 bits per heavy atom. The summed E-state index contributed by atoms with van der Waals surface area (Å²) in [6.45, 7) is 2.01. The molecule has 0 unspecified atom stereocenters. The quantitative estimate of drug-likeness (QED) is 0.700. The zero-order chi connectivity index (χ0) is 13.4. The van der Waals surface area contributed by atoms with Crippen molar-refractivity contribution in [1.29, 1.82) is 0 Å². The molecule has 96 valence electrons. The van der Waals surface area contributed by atoms with Crippen molar-refractivity contribution in [3.05, 3.63) is 46.0 Å². The third-order valence-corrected chi connectivity index (χ3v) is 4.25. The fourth-order valence-electron chi connectivity index (χ4n) is 2.00. The number of thiazole rings is 1. The minimum absolute atomic E-state index is 0.991. The Morgan fingerprint density at radius 1 is 1.32 bits per heavy atom. The Balaban J connectivity index is 2.02. The van der Waals surface area contributed by atoms with Gasteiger partial charge >= 0.3 is 0 Å². The summed E-state index contributed by atoms with van der Waals surface area (Å²) < 4.78 is 2.89. The number of aryl methyl sites for hydroxylation is 2. The molecule has 0 N–H and O–H groups in total. The van der Waals surface area contributed by atoms with Gasteiger partial charge in [-0.05, 0) is 19.1 Å². The topological polar surface area (TPSA) is 30.7 Å². The second-order valence-corrected chi connectivity index (χ2v) is 6.12. The lowest BCUT2D eigenvalue weighted by molar-refractivity contribution is 0.756. The summed E-state index contributed by atoms with van der Waals surface area (Å²) in [6.07, 6.45) is 2.01. The number of hydrogen-bond acceptors (Lipinski definition) is 3. The molecule has 2 heterocycles. The molecule has 0 aliphatic carbocycles. The number of hydrogen-bond donors (Lipinski definition) is 0. The normalized spacial score (nSPS) is 10.9. The van der Waals surface area contributed by atoms with Crippen molar-refractivity contribution in [3.8, 4) is 21.8 Å². The van der Waals surface area contributed by atoms with Crippen molar-refractivity contribution < 1.29 is 0 Å². The van der Waals surface area contributed by atoms with Crippen molar-refractivity contribution in [2.45, 2.75) is 6.92 Å². The second-order valence-electron chi connectivity index (χ2n) is 4.35. The van der Waals surface area contributed by atoms with Crippen LogP contribution in [0.4, 0.5) is 0 Å². The molecule has 0 saturated carbocycles. The SMILES string of the molecule is Cc1nn(C)cc1-c1csc(-c2cccc(Br)c2)n1. The van der Waals surface area contributed by atoms with Crippen LogP contribution in [0.15, 0.2) is 40.3 Å². The van der Waals surface area contributed by atoms with Crippen LogP contribution in [0.1, 0.15) is 5.69 Å². The summed E-state index contributed by atoms with van der Waals surface area (Å²) in [6, 6.07) is 8.20. The molecule has 0 atom stereocenters. The van der Waals surface area contributed by atoms with Crippen LogP contribution >= 0.6 is 27.3 Å². The van der Waals surface area contributed by atoms with Gasteiger partial charge in [0.05, 0.1) is 11.4 Å². The lowest BCUT2D eigenvalue weighted by Crippen LogP contribution is -1.86. The third-order valence-electron chi connectivity index (χ3n) is 2.87. The van der Waals surface area contributed by atoms with Gasteiger partial charge in [-0.1, -0.05) is 28.1 Å². The van der Waals surface area contributed by atoms with E-state index in [1.165, 1.54) is 0 Å². The zero-order valence-corrected chi connectivity index (χ0v) is 13.0. The number of halogens is 1. The van der Waals surface area contributed by atoms with E-state index in [0.717, 1.165) is 32.0 Å². The maximum Gasteiger partial charge on any atom is 0.124 e. The molecule has 0 bridgehead atoms. The monoisotopic (exact) mass is 333 g/mol. The van der Waals surface area contributed by atoms with Crippen molar-refractivity contribution in [3.63, 3.8) is 0 Å². The average molecular weight is 334 g/mol. The Hall–Kier alpha value is -1.46. The highest BCUT2D eigenvalue weighted by Crippen LogP contribution is 2.31. The van der Waals surface area contributed by atoms with Crippen LogP contribution in [0.5, 0.6) is 0 Å². The summed E-state index contributed by atoms with van der Waals surface area (Å²) >= 11 is 5.14. The smallest absolute Gasteiger partial charge is 0.124 e. The van der Waals surface area contributed by atoms with Crippen LogP contribution in [0.3, 0.4) is 0 Å². The molecule has 3 rings (SSSR count). The predicted molar refractivity (Wildman–Crippen MR) is 82.2 cm³/mol. The molecule has 0 fully saturated rings. The van der Waals surface area contributed by atoms with Gasteiger partial charge in [0.2, 0.25) is 0 Å². The number of aromatic nitrogens is 3. The predicted octanol–water partition coefficient (Wildman–Crippen LogP) is 4.28. The molecule has 2 aromatic heterocycles. The third kappa shape index (κ3) is 2.48. The van der Waals surface area contributed by atoms with Gasteiger partial charge in [0, 0.05) is 34.2 Å². The first-order valence-corrected chi connectivity index (χ1v) is 7.53. The van der Waals surface area contributed by atoms with Gasteiger partial charge in [0.1, 0.15) is 5.01 Å². The van der Waals surface area contributed by atoms with Crippen LogP contribution in [-0.4, -0.2) is 14.8 Å². The number of nitrogens with zero attached hydrogens (tertiary/aromatic N) is 3. The molecule has 3 aromatic rings. The minimum atomic E-state index is 0.991. The van der Waals surface area contributed by atoms with Crippen molar-refractivity contribution in [1.82, 2.24) is 14.8 Å². The molecule has 5 heteroatoms. The van der Waals surface area contributed by atoms with Gasteiger partial charge in [-0.3, -0.25) is 4.68 Å². The Morgan fingerprint density at radius 3 is 2.84 bits per heavy atom. The molecule has 0 saturated heterocycles. The summed E-state index contributed by atoms with van der Waals surface area (Å²) in [5.74, 6) is 0. The molecule has 0 spiro atoms. The van der Waals surface area contributed by atoms with Gasteiger partial charge < -0.3 is 0 Å². The molecule has 0 amide bonds. The fourth-order valence-corrected chi connectivity index (χ4v) is 3.22. The highest BCUT2D eigenvalue weighted by molar-refractivity contribution is 9.10. The Kier molecular flexibility index (Phi) is 3.24. The maximum atomic E-state index is 4.71. The van der Waals surface area contributed by atoms with Crippen LogP contribution in [0, 0.1) is 6.92 Å². The van der Waals surface area contributed by atoms with Gasteiger partial charge in [-0.25, -0.2) is 4.98 Å². The van der Waals surface area contributed by atoms with E-state index in [9.17, 15) is 0 Å². The van der Waals surface area contributed by atoms with E-state index in [-0.39, 0.29) is 0 Å². The van der Waals surface area contributed by atoms with Crippen molar-refractivity contribution in [2.24, 2.45) is 7.05 Å². The number of rotatable bonds is 2. The highest BCUT2D eigenvalue weighted by atomic mass is 79.9. The summed E-state index contributed by atoms with van der Waals surface area (Å²) in [4.78, 5) is 4.71. The van der Waals surface area contributed by atoms with Gasteiger partial charge in [-0.15, -0.1) is 11.3 Å². The van der Waals surface area contributed by atoms with Crippen molar-refractivity contribution >= 4 is 27.3 Å². The Bertz CT molecular complexity index is 730. The lowest BCUT2D eigenvalue weighted by atomic mass is 10.2. The molecule has 0 radical (unpaired) electrons. The molecule has 0 aliphatic rings. The van der Waals surface area contributed by atoms with E-state index in [0.29, 0.717) is 0 Å². The van der Waals surface area contributed by atoms with E-state index >= 15 is 0 Å². The first-order chi connectivity index (χ1) is 9.13. The molecular formula is C14H12BrN3S. The first-order valence-electron chi connectivity index (χ1n) is 5.85. The molecule has 0 aliphatic heterocycles. The highest BCUT2D eigenvalue weighted by Gasteiger charge is 2.11. The van der Waals surface area contributed by atoms with Crippen LogP contribution in [-0.2, 0) is 7.05 Å². The summed E-state index contributed by atoms with van der Waals surface area (Å²) in [7, 11) is 1.93. The first kappa shape index (κ1) is 12.6. The van der Waals surface area contributed by atoms with Crippen molar-refractivity contribution in [2.75, 3.05) is 0 Å². The van der Waals surface area contributed by atoms with Gasteiger partial charge in [0.25, 0.3) is 0 Å². The van der Waals surface area contributed by atoms with E-state index in [4.69, 9.17) is 4.98 Å². The zero-order valence-electron chi connectivity index (χ0n) is 10.6. The van der Waals surface area contributed by atoms with E-state index in [1.807, 2.05) is 37.0 Å². The summed E-state index contributed by atoms with van der Waals surface area (Å²) in [5.41, 5.74) is 4.23. The standard InChI is InChI=1S/C14H12BrN3S/c1-9-12(7-18(2)17-9)13-8-19-14(16-13)10-4-3-5-11(15)6-10/h3-8H,1-2H3. The van der Waals surface area contributed by atoms with Crippen LogP contribution in [0.25, 0.3) is 21.8 Å². The molecule has 3 nitrogen and oxygen atoms in total. The molecule has 19 heavy (non-hydrogen) atoms. The van der Waals surface area contributed by atoms with Crippen LogP contribution in [0.2, 0.25) is 0 Å². The van der Waals surface area contributed by atoms with E-state index in [2.05, 4.69) is 38.5 Å². The minimum Gasteiger partial charge on any atom is -0.275 e. The van der Waals surface area contributed by atoms with E-state index in [1.54, 1.807) is 11.3 Å². The van der Waals surface area contributed by atoms with E-state index < -0.39 is 0 Å². The Labute approximate surface area is 124 Å². The largest absolute Gasteiger partial charge is 0.275 e. The van der Waals surface area contributed by atoms with Crippen LogP contribution < -0.4 is 0 Å². The lowest BCUT2D eigenvalue weighted by Gasteiger charge is -1.96. The van der Waals surface area contributed by atoms with Gasteiger partial charge in [0.15, 0.2) is 0 Å². The van der Waals surface area contributed by atoms with Gasteiger partial charge in [-0.2, -0.15) is 5.10 Å².